The third-order valence-electron chi connectivity index (χ3n) is 8.53. The van der Waals surface area contributed by atoms with Crippen molar-refractivity contribution in [2.45, 2.75) is 117 Å². The van der Waals surface area contributed by atoms with Gasteiger partial charge in [-0.15, -0.1) is 0 Å². The number of hydrogen-bond donors (Lipinski definition) is 1. The summed E-state index contributed by atoms with van der Waals surface area (Å²) in [5, 5.41) is 10.2. The molecular weight excluding hydrogens is 424 g/mol. The zero-order valence-corrected chi connectivity index (χ0v) is 21.9. The lowest BCUT2D eigenvalue weighted by atomic mass is 9.61. The van der Waals surface area contributed by atoms with E-state index in [4.69, 9.17) is 9.47 Å². The third kappa shape index (κ3) is 7.15. The van der Waals surface area contributed by atoms with Crippen LogP contribution in [0.5, 0.6) is 11.5 Å². The summed E-state index contributed by atoms with van der Waals surface area (Å²) < 4.78 is 12.5. The molecule has 3 atom stereocenters. The fourth-order valence-electron chi connectivity index (χ4n) is 6.59. The SMILES string of the molecule is CCCCCOc1ccc(OC2CC(CCC)(C(=O)O)CCC2C2CCC(CCC)CC2)cc1. The third-order valence-corrected chi connectivity index (χ3v) is 8.53. The standard InChI is InChI=1S/C30H48O4/c1-4-7-8-21-33-25-14-16-26(17-15-25)34-28-22-30(19-6-3,29(31)32)20-18-27(28)24-12-10-23(9-5-2)11-13-24/h14-17,23-24,27-28H,4-13,18-22H2,1-3H3,(H,31,32). The van der Waals surface area contributed by atoms with Gasteiger partial charge in [-0.3, -0.25) is 4.79 Å². The molecular formula is C30H48O4. The first-order valence-corrected chi connectivity index (χ1v) is 14.1. The van der Waals surface area contributed by atoms with E-state index in [9.17, 15) is 9.90 Å². The lowest BCUT2D eigenvalue weighted by Gasteiger charge is -2.46. The largest absolute Gasteiger partial charge is 0.494 e. The highest BCUT2D eigenvalue weighted by atomic mass is 16.5. The van der Waals surface area contributed by atoms with Crippen LogP contribution in [0.15, 0.2) is 24.3 Å². The monoisotopic (exact) mass is 472 g/mol. The van der Waals surface area contributed by atoms with Crippen LogP contribution in [0.3, 0.4) is 0 Å². The zero-order chi connectivity index (χ0) is 24.4. The molecule has 0 saturated heterocycles. The molecule has 2 aliphatic carbocycles. The van der Waals surface area contributed by atoms with E-state index in [1.165, 1.54) is 51.4 Å². The highest BCUT2D eigenvalue weighted by molar-refractivity contribution is 5.74. The predicted molar refractivity (Wildman–Crippen MR) is 139 cm³/mol. The molecule has 0 amide bonds. The number of aliphatic carboxylic acids is 1. The molecule has 4 heteroatoms. The van der Waals surface area contributed by atoms with E-state index < -0.39 is 11.4 Å². The number of unbranched alkanes of at least 4 members (excludes halogenated alkanes) is 2. The molecule has 1 aromatic carbocycles. The fourth-order valence-corrected chi connectivity index (χ4v) is 6.59. The maximum atomic E-state index is 12.4. The molecule has 4 nitrogen and oxygen atoms in total. The summed E-state index contributed by atoms with van der Waals surface area (Å²) in [6.07, 6.45) is 15.3. The van der Waals surface area contributed by atoms with Crippen molar-refractivity contribution >= 4 is 5.97 Å². The van der Waals surface area contributed by atoms with Gasteiger partial charge in [0.15, 0.2) is 0 Å². The normalized spacial score (nSPS) is 29.5. The summed E-state index contributed by atoms with van der Waals surface area (Å²) in [5.41, 5.74) is -0.641. The topological polar surface area (TPSA) is 55.8 Å². The molecule has 0 radical (unpaired) electrons. The average molecular weight is 473 g/mol. The van der Waals surface area contributed by atoms with Gasteiger partial charge in [0.25, 0.3) is 0 Å². The second-order valence-corrected chi connectivity index (χ2v) is 11.0. The summed E-state index contributed by atoms with van der Waals surface area (Å²) in [4.78, 5) is 12.4. The van der Waals surface area contributed by atoms with Gasteiger partial charge in [-0.1, -0.05) is 65.7 Å². The van der Waals surface area contributed by atoms with Crippen molar-refractivity contribution in [1.29, 1.82) is 0 Å². The van der Waals surface area contributed by atoms with Gasteiger partial charge in [0, 0.05) is 6.42 Å². The van der Waals surface area contributed by atoms with Crippen LogP contribution in [-0.2, 0) is 4.79 Å². The van der Waals surface area contributed by atoms with Gasteiger partial charge >= 0.3 is 5.97 Å². The number of hydrogen-bond acceptors (Lipinski definition) is 3. The molecule has 192 valence electrons. The Labute approximate surface area is 207 Å². The number of benzene rings is 1. The van der Waals surface area contributed by atoms with Crippen LogP contribution >= 0.6 is 0 Å². The summed E-state index contributed by atoms with van der Waals surface area (Å²) in [6, 6.07) is 7.99. The smallest absolute Gasteiger partial charge is 0.309 e. The molecule has 1 N–H and O–H groups in total. The second-order valence-electron chi connectivity index (χ2n) is 11.0. The van der Waals surface area contributed by atoms with Gasteiger partial charge in [-0.2, -0.15) is 0 Å². The maximum absolute atomic E-state index is 12.4. The minimum Gasteiger partial charge on any atom is -0.494 e. The highest BCUT2D eigenvalue weighted by Crippen LogP contribution is 2.49. The van der Waals surface area contributed by atoms with Crippen LogP contribution in [0.1, 0.15) is 111 Å². The van der Waals surface area contributed by atoms with Crippen molar-refractivity contribution < 1.29 is 19.4 Å². The Balaban J connectivity index is 1.69. The van der Waals surface area contributed by atoms with E-state index in [1.807, 2.05) is 24.3 Å². The van der Waals surface area contributed by atoms with E-state index in [1.54, 1.807) is 0 Å². The van der Waals surface area contributed by atoms with Crippen molar-refractivity contribution in [2.24, 2.45) is 23.2 Å². The van der Waals surface area contributed by atoms with Crippen LogP contribution in [0, 0.1) is 23.2 Å². The summed E-state index contributed by atoms with van der Waals surface area (Å²) in [5.74, 6) is 3.08. The van der Waals surface area contributed by atoms with Crippen molar-refractivity contribution in [3.63, 3.8) is 0 Å². The van der Waals surface area contributed by atoms with Crippen molar-refractivity contribution in [2.75, 3.05) is 6.61 Å². The van der Waals surface area contributed by atoms with Crippen molar-refractivity contribution in [3.8, 4) is 11.5 Å². The molecule has 0 heterocycles. The number of ether oxygens (including phenoxy) is 2. The molecule has 2 aliphatic rings. The molecule has 3 unspecified atom stereocenters. The number of carboxylic acids is 1. The molecule has 34 heavy (non-hydrogen) atoms. The van der Waals surface area contributed by atoms with Gasteiger partial charge in [-0.25, -0.2) is 0 Å². The molecule has 0 aliphatic heterocycles. The fraction of sp³-hybridized carbons (Fsp3) is 0.767. The van der Waals surface area contributed by atoms with Crippen LogP contribution in [-0.4, -0.2) is 23.8 Å². The predicted octanol–water partition coefficient (Wildman–Crippen LogP) is 8.28. The van der Waals surface area contributed by atoms with Gasteiger partial charge in [0.2, 0.25) is 0 Å². The molecule has 0 bridgehead atoms. The van der Waals surface area contributed by atoms with Crippen LogP contribution in [0.4, 0.5) is 0 Å². The first-order valence-electron chi connectivity index (χ1n) is 14.1. The Morgan fingerprint density at radius 3 is 2.26 bits per heavy atom. The molecule has 3 rings (SSSR count). The molecule has 0 spiro atoms. The van der Waals surface area contributed by atoms with Crippen molar-refractivity contribution in [3.05, 3.63) is 24.3 Å². The molecule has 2 fully saturated rings. The Bertz CT molecular complexity index is 722. The maximum Gasteiger partial charge on any atom is 0.309 e. The van der Waals surface area contributed by atoms with Crippen LogP contribution < -0.4 is 9.47 Å². The minimum atomic E-state index is -0.641. The molecule has 0 aromatic heterocycles. The van der Waals surface area contributed by atoms with Gasteiger partial charge in [-0.05, 0) is 80.5 Å². The second kappa shape index (κ2) is 13.4. The Morgan fingerprint density at radius 1 is 0.941 bits per heavy atom. The van der Waals surface area contributed by atoms with E-state index in [2.05, 4.69) is 20.8 Å². The summed E-state index contributed by atoms with van der Waals surface area (Å²) in [6.45, 7) is 7.33. The van der Waals surface area contributed by atoms with E-state index in [0.717, 1.165) is 56.1 Å². The van der Waals surface area contributed by atoms with E-state index in [-0.39, 0.29) is 6.10 Å². The Hall–Kier alpha value is -1.71. The first-order chi connectivity index (χ1) is 16.5. The van der Waals surface area contributed by atoms with Crippen molar-refractivity contribution in [1.82, 2.24) is 0 Å². The molecule has 1 aromatic rings. The van der Waals surface area contributed by atoms with Gasteiger partial charge in [0.05, 0.1) is 12.0 Å². The summed E-state index contributed by atoms with van der Waals surface area (Å²) >= 11 is 0. The number of rotatable bonds is 13. The number of carboxylic acid groups (broad SMARTS) is 1. The first kappa shape index (κ1) is 26.9. The van der Waals surface area contributed by atoms with Gasteiger partial charge in [0.1, 0.15) is 17.6 Å². The Kier molecular flexibility index (Phi) is 10.6. The van der Waals surface area contributed by atoms with Crippen LogP contribution in [0.2, 0.25) is 0 Å². The van der Waals surface area contributed by atoms with Crippen LogP contribution in [0.25, 0.3) is 0 Å². The van der Waals surface area contributed by atoms with E-state index >= 15 is 0 Å². The highest BCUT2D eigenvalue weighted by Gasteiger charge is 2.48. The lowest BCUT2D eigenvalue weighted by Crippen LogP contribution is -2.47. The Morgan fingerprint density at radius 2 is 1.65 bits per heavy atom. The van der Waals surface area contributed by atoms with Gasteiger partial charge < -0.3 is 14.6 Å². The summed E-state index contributed by atoms with van der Waals surface area (Å²) in [7, 11) is 0. The van der Waals surface area contributed by atoms with E-state index in [0.29, 0.717) is 18.3 Å². The minimum absolute atomic E-state index is 0.0274. The quantitative estimate of drug-likeness (QED) is 0.293. The lowest BCUT2D eigenvalue weighted by molar-refractivity contribution is -0.156. The zero-order valence-electron chi connectivity index (χ0n) is 21.9. The number of carbonyl (C=O) groups is 1. The average Bonchev–Trinajstić information content (AvgIpc) is 2.84. The molecule has 2 saturated carbocycles.